The highest BCUT2D eigenvalue weighted by molar-refractivity contribution is 7.89. The van der Waals surface area contributed by atoms with E-state index in [-0.39, 0.29) is 19.0 Å². The topological polar surface area (TPSA) is 75.6 Å². The van der Waals surface area contributed by atoms with Crippen molar-refractivity contribution in [3.8, 4) is 0 Å². The average Bonchev–Trinajstić information content (AvgIpc) is 2.14. The summed E-state index contributed by atoms with van der Waals surface area (Å²) in [6, 6.07) is -0.583. The third kappa shape index (κ3) is 6.56. The summed E-state index contributed by atoms with van der Waals surface area (Å²) in [6.45, 7) is -0.134. The van der Waals surface area contributed by atoms with Crippen molar-refractivity contribution >= 4 is 21.6 Å². The molecule has 1 atom stereocenters. The smallest absolute Gasteiger partial charge is 0.212 e. The molecule has 14 heavy (non-hydrogen) atoms. The van der Waals surface area contributed by atoms with E-state index in [2.05, 4.69) is 4.72 Å². The van der Waals surface area contributed by atoms with Crippen molar-refractivity contribution in [2.75, 3.05) is 32.0 Å². The molecule has 0 aliphatic heterocycles. The number of halogens is 1. The van der Waals surface area contributed by atoms with Crippen LogP contribution in [0, 0.1) is 0 Å². The van der Waals surface area contributed by atoms with Crippen molar-refractivity contribution in [1.29, 1.82) is 0 Å². The third-order valence-corrected chi connectivity index (χ3v) is 3.27. The maximum atomic E-state index is 11.3. The quantitative estimate of drug-likeness (QED) is 0.568. The number of rotatable bonds is 8. The van der Waals surface area contributed by atoms with E-state index >= 15 is 0 Å². The molecule has 0 heterocycles. The van der Waals surface area contributed by atoms with Gasteiger partial charge in [-0.2, -0.15) is 0 Å². The minimum Gasteiger partial charge on any atom is -0.395 e. The Labute approximate surface area is 89.5 Å². The molecular formula is C7H16ClNO4S. The van der Waals surface area contributed by atoms with Gasteiger partial charge in [0.05, 0.1) is 25.0 Å². The van der Waals surface area contributed by atoms with Crippen molar-refractivity contribution in [1.82, 2.24) is 4.72 Å². The lowest BCUT2D eigenvalue weighted by Gasteiger charge is -2.14. The van der Waals surface area contributed by atoms with E-state index in [0.717, 1.165) is 0 Å². The van der Waals surface area contributed by atoms with Crippen LogP contribution in [0.2, 0.25) is 0 Å². The summed E-state index contributed by atoms with van der Waals surface area (Å²) in [6.07, 6.45) is 0.391. The van der Waals surface area contributed by atoms with Crippen LogP contribution < -0.4 is 4.72 Å². The normalized spacial score (nSPS) is 14.2. The maximum Gasteiger partial charge on any atom is 0.212 e. The Bertz CT molecular complexity index is 232. The largest absolute Gasteiger partial charge is 0.395 e. The molecule has 0 saturated heterocycles. The van der Waals surface area contributed by atoms with E-state index in [1.165, 1.54) is 7.11 Å². The molecule has 0 aromatic heterocycles. The van der Waals surface area contributed by atoms with Gasteiger partial charge in [-0.15, -0.1) is 11.6 Å². The zero-order chi connectivity index (χ0) is 11.0. The molecule has 0 spiro atoms. The first-order chi connectivity index (χ1) is 6.55. The molecule has 7 heteroatoms. The molecule has 0 rings (SSSR count). The molecule has 86 valence electrons. The van der Waals surface area contributed by atoms with Gasteiger partial charge < -0.3 is 9.84 Å². The fourth-order valence-corrected chi connectivity index (χ4v) is 2.47. The summed E-state index contributed by atoms with van der Waals surface area (Å²) in [4.78, 5) is 0. The molecule has 0 aliphatic carbocycles. The van der Waals surface area contributed by atoms with Crippen molar-refractivity contribution in [3.63, 3.8) is 0 Å². The van der Waals surface area contributed by atoms with Crippen LogP contribution in [0.1, 0.15) is 6.42 Å². The van der Waals surface area contributed by atoms with Crippen LogP contribution in [-0.2, 0) is 14.8 Å². The molecule has 0 amide bonds. The fourth-order valence-electron chi connectivity index (χ4n) is 0.883. The third-order valence-electron chi connectivity index (χ3n) is 1.48. The summed E-state index contributed by atoms with van der Waals surface area (Å²) in [5, 5.41) is 8.81. The van der Waals surface area contributed by atoms with Crippen molar-refractivity contribution < 1.29 is 18.3 Å². The molecule has 5 nitrogen and oxygen atoms in total. The highest BCUT2D eigenvalue weighted by atomic mass is 35.5. The lowest BCUT2D eigenvalue weighted by molar-refractivity contribution is 0.139. The Morgan fingerprint density at radius 2 is 2.21 bits per heavy atom. The van der Waals surface area contributed by atoms with E-state index in [1.54, 1.807) is 0 Å². The molecule has 0 fully saturated rings. The van der Waals surface area contributed by atoms with E-state index in [0.29, 0.717) is 12.3 Å². The van der Waals surface area contributed by atoms with Crippen LogP contribution in [-0.4, -0.2) is 51.5 Å². The highest BCUT2D eigenvalue weighted by Gasteiger charge is 2.16. The lowest BCUT2D eigenvalue weighted by atomic mass is 10.4. The monoisotopic (exact) mass is 245 g/mol. The number of aliphatic hydroxyl groups is 1. The summed E-state index contributed by atoms with van der Waals surface area (Å²) in [5.74, 6) is 0.270. The van der Waals surface area contributed by atoms with Gasteiger partial charge in [0, 0.05) is 13.0 Å². The van der Waals surface area contributed by atoms with E-state index < -0.39 is 16.1 Å². The van der Waals surface area contributed by atoms with E-state index in [4.69, 9.17) is 21.4 Å². The predicted octanol–water partition coefficient (Wildman–Crippen LogP) is -0.458. The zero-order valence-corrected chi connectivity index (χ0v) is 9.64. The first kappa shape index (κ1) is 14.1. The molecule has 2 N–H and O–H groups in total. The molecule has 0 aromatic rings. The van der Waals surface area contributed by atoms with Gasteiger partial charge in [0.15, 0.2) is 0 Å². The standard InChI is InChI=1S/C7H16ClNO4S/c1-13-6-7(5-10)9-14(11,12)4-2-3-8/h7,9-10H,2-6H2,1H3. The van der Waals surface area contributed by atoms with Gasteiger partial charge in [-0.25, -0.2) is 13.1 Å². The molecular weight excluding hydrogens is 230 g/mol. The number of aliphatic hydroxyl groups excluding tert-OH is 1. The van der Waals surface area contributed by atoms with Gasteiger partial charge >= 0.3 is 0 Å². The number of hydrogen-bond donors (Lipinski definition) is 2. The second kappa shape index (κ2) is 7.42. The molecule has 0 aliphatic rings. The number of sulfonamides is 1. The number of methoxy groups -OCH3 is 1. The Hall–Kier alpha value is 0.120. The maximum absolute atomic E-state index is 11.3. The zero-order valence-electron chi connectivity index (χ0n) is 8.07. The summed E-state index contributed by atoms with van der Waals surface area (Å²) in [5.41, 5.74) is 0. The Kier molecular flexibility index (Phi) is 7.48. The first-order valence-corrected chi connectivity index (χ1v) is 6.40. The van der Waals surface area contributed by atoms with Crippen LogP contribution in [0.3, 0.4) is 0 Å². The van der Waals surface area contributed by atoms with Gasteiger partial charge in [0.2, 0.25) is 10.0 Å². The number of ether oxygens (including phenoxy) is 1. The minimum atomic E-state index is -3.35. The van der Waals surface area contributed by atoms with Crippen LogP contribution >= 0.6 is 11.6 Å². The lowest BCUT2D eigenvalue weighted by Crippen LogP contribution is -2.41. The molecule has 1 unspecified atom stereocenters. The minimum absolute atomic E-state index is 0.0310. The number of alkyl halides is 1. The predicted molar refractivity (Wildman–Crippen MR) is 55.0 cm³/mol. The van der Waals surface area contributed by atoms with Gasteiger partial charge in [0.1, 0.15) is 0 Å². The van der Waals surface area contributed by atoms with Crippen molar-refractivity contribution in [3.05, 3.63) is 0 Å². The van der Waals surface area contributed by atoms with E-state index in [1.807, 2.05) is 0 Å². The first-order valence-electron chi connectivity index (χ1n) is 4.21. The highest BCUT2D eigenvalue weighted by Crippen LogP contribution is 1.95. The number of nitrogens with one attached hydrogen (secondary N) is 1. The van der Waals surface area contributed by atoms with Crippen molar-refractivity contribution in [2.45, 2.75) is 12.5 Å². The van der Waals surface area contributed by atoms with E-state index in [9.17, 15) is 8.42 Å². The van der Waals surface area contributed by atoms with Gasteiger partial charge in [-0.3, -0.25) is 0 Å². The molecule has 0 bridgehead atoms. The molecule has 0 radical (unpaired) electrons. The van der Waals surface area contributed by atoms with Crippen LogP contribution in [0.4, 0.5) is 0 Å². The second-order valence-electron chi connectivity index (χ2n) is 2.81. The Morgan fingerprint density at radius 3 is 2.64 bits per heavy atom. The second-order valence-corrected chi connectivity index (χ2v) is 5.07. The summed E-state index contributed by atoms with van der Waals surface area (Å²) < 4.78 is 29.6. The Balaban J connectivity index is 4.04. The van der Waals surface area contributed by atoms with Gasteiger partial charge in [-0.05, 0) is 6.42 Å². The average molecular weight is 246 g/mol. The van der Waals surface area contributed by atoms with Gasteiger partial charge in [0.25, 0.3) is 0 Å². The summed E-state index contributed by atoms with van der Waals surface area (Å²) >= 11 is 5.37. The Morgan fingerprint density at radius 1 is 1.57 bits per heavy atom. The molecule has 0 saturated carbocycles. The van der Waals surface area contributed by atoms with Crippen molar-refractivity contribution in [2.24, 2.45) is 0 Å². The fraction of sp³-hybridized carbons (Fsp3) is 1.00. The van der Waals surface area contributed by atoms with Gasteiger partial charge in [-0.1, -0.05) is 0 Å². The van der Waals surface area contributed by atoms with Crippen LogP contribution in [0.5, 0.6) is 0 Å². The molecule has 0 aromatic carbocycles. The number of hydrogen-bond acceptors (Lipinski definition) is 4. The van der Waals surface area contributed by atoms with Crippen LogP contribution in [0.25, 0.3) is 0 Å². The van der Waals surface area contributed by atoms with Crippen LogP contribution in [0.15, 0.2) is 0 Å². The summed E-state index contributed by atoms with van der Waals surface area (Å²) in [7, 11) is -1.91. The SMILES string of the molecule is COCC(CO)NS(=O)(=O)CCCCl.